The van der Waals surface area contributed by atoms with Crippen molar-refractivity contribution in [1.29, 1.82) is 0 Å². The van der Waals surface area contributed by atoms with Gasteiger partial charge in [-0.25, -0.2) is 13.6 Å². The summed E-state index contributed by atoms with van der Waals surface area (Å²) in [4.78, 5) is 11.5. The second-order valence-corrected chi connectivity index (χ2v) is 4.97. The van der Waals surface area contributed by atoms with Crippen LogP contribution in [-0.2, 0) is 18.0 Å². The number of amides is 1. The molecule has 0 atom stereocenters. The molecule has 2 aromatic carbocycles. The van der Waals surface area contributed by atoms with Gasteiger partial charge in [-0.2, -0.15) is 0 Å². The number of ether oxygens (including phenoxy) is 1. The molecule has 0 aliphatic rings. The van der Waals surface area contributed by atoms with E-state index in [4.69, 9.17) is 9.84 Å². The fourth-order valence-corrected chi connectivity index (χ4v) is 1.98. The molecule has 2 rings (SSSR count). The maximum absolute atomic E-state index is 13.5. The highest BCUT2D eigenvalue weighted by atomic mass is 19.1. The highest BCUT2D eigenvalue weighted by Gasteiger charge is 2.08. The Bertz CT molecular complexity index is 694. The number of rotatable bonds is 6. The zero-order chi connectivity index (χ0) is 17.4. The lowest BCUT2D eigenvalue weighted by molar-refractivity contribution is 0.141. The Balaban J connectivity index is 1.79. The first kappa shape index (κ1) is 17.6. The van der Waals surface area contributed by atoms with E-state index in [0.29, 0.717) is 5.56 Å². The number of aliphatic hydroxyl groups is 1. The number of hydrogen-bond donors (Lipinski definition) is 2. The van der Waals surface area contributed by atoms with Crippen molar-refractivity contribution < 1.29 is 23.4 Å². The first-order valence-electron chi connectivity index (χ1n) is 7.30. The molecule has 24 heavy (non-hydrogen) atoms. The van der Waals surface area contributed by atoms with Crippen LogP contribution in [0.25, 0.3) is 6.08 Å². The third kappa shape index (κ3) is 5.17. The van der Waals surface area contributed by atoms with Crippen molar-refractivity contribution in [2.45, 2.75) is 13.2 Å². The highest BCUT2D eigenvalue weighted by molar-refractivity contribution is 5.67. The minimum Gasteiger partial charge on any atom is -0.445 e. The van der Waals surface area contributed by atoms with E-state index >= 15 is 0 Å². The number of halogens is 2. The van der Waals surface area contributed by atoms with Crippen molar-refractivity contribution in [1.82, 2.24) is 5.32 Å². The lowest BCUT2D eigenvalue weighted by Crippen LogP contribution is -2.24. The van der Waals surface area contributed by atoms with Crippen LogP contribution >= 0.6 is 0 Å². The SMILES string of the molecule is O=C(NCC=Cc1cc(F)c(CO)c(F)c1)OCc1ccccc1. The number of alkyl carbamates (subject to hydrolysis) is 1. The lowest BCUT2D eigenvalue weighted by Gasteiger charge is -2.05. The van der Waals surface area contributed by atoms with Crippen LogP contribution in [0.1, 0.15) is 16.7 Å². The molecular formula is C18H17F2NO3. The molecule has 0 aliphatic carbocycles. The summed E-state index contributed by atoms with van der Waals surface area (Å²) in [7, 11) is 0. The summed E-state index contributed by atoms with van der Waals surface area (Å²) < 4.78 is 32.0. The fraction of sp³-hybridized carbons (Fsp3) is 0.167. The Hall–Kier alpha value is -2.73. The van der Waals surface area contributed by atoms with Crippen molar-refractivity contribution in [2.75, 3.05) is 6.54 Å². The van der Waals surface area contributed by atoms with Gasteiger partial charge in [0.2, 0.25) is 0 Å². The molecule has 6 heteroatoms. The minimum atomic E-state index is -0.813. The number of hydrogen-bond acceptors (Lipinski definition) is 3. The second kappa shape index (κ2) is 8.79. The molecule has 1 amide bonds. The summed E-state index contributed by atoms with van der Waals surface area (Å²) in [5.41, 5.74) is 0.800. The normalized spacial score (nSPS) is 10.8. The minimum absolute atomic E-state index is 0.151. The molecule has 0 fully saturated rings. The number of benzene rings is 2. The number of carbonyl (C=O) groups is 1. The summed E-state index contributed by atoms with van der Waals surface area (Å²) in [6.07, 6.45) is 2.41. The van der Waals surface area contributed by atoms with Crippen molar-refractivity contribution >= 4 is 12.2 Å². The van der Waals surface area contributed by atoms with Crippen LogP contribution in [0.15, 0.2) is 48.5 Å². The molecule has 0 unspecified atom stereocenters. The molecule has 0 spiro atoms. The molecule has 0 saturated carbocycles. The number of aliphatic hydroxyl groups excluding tert-OH is 1. The van der Waals surface area contributed by atoms with Gasteiger partial charge >= 0.3 is 6.09 Å². The van der Waals surface area contributed by atoms with Gasteiger partial charge in [0.15, 0.2) is 0 Å². The third-order valence-electron chi connectivity index (χ3n) is 3.21. The average molecular weight is 333 g/mol. The average Bonchev–Trinajstić information content (AvgIpc) is 2.57. The van der Waals surface area contributed by atoms with Gasteiger partial charge < -0.3 is 15.2 Å². The summed E-state index contributed by atoms with van der Waals surface area (Å²) in [6.45, 7) is -0.384. The molecule has 0 heterocycles. The van der Waals surface area contributed by atoms with Gasteiger partial charge in [-0.1, -0.05) is 42.5 Å². The van der Waals surface area contributed by atoms with E-state index < -0.39 is 24.3 Å². The standard InChI is InChI=1S/C18H17F2NO3/c19-16-9-14(10-17(20)15(16)11-22)7-4-8-21-18(23)24-12-13-5-2-1-3-6-13/h1-7,9-10,22H,8,11-12H2,(H,21,23). The predicted molar refractivity (Wildman–Crippen MR) is 85.9 cm³/mol. The van der Waals surface area contributed by atoms with E-state index in [1.54, 1.807) is 0 Å². The highest BCUT2D eigenvalue weighted by Crippen LogP contribution is 2.16. The smallest absolute Gasteiger partial charge is 0.407 e. The monoisotopic (exact) mass is 333 g/mol. The van der Waals surface area contributed by atoms with Gasteiger partial charge in [0.25, 0.3) is 0 Å². The zero-order valence-electron chi connectivity index (χ0n) is 12.8. The van der Waals surface area contributed by atoms with Crippen LogP contribution in [0.5, 0.6) is 0 Å². The molecule has 2 aromatic rings. The van der Waals surface area contributed by atoms with Gasteiger partial charge in [0.1, 0.15) is 18.2 Å². The van der Waals surface area contributed by atoms with Gasteiger partial charge in [-0.3, -0.25) is 0 Å². The number of carbonyl (C=O) groups excluding carboxylic acids is 1. The predicted octanol–water partition coefficient (Wildman–Crippen LogP) is 3.40. The van der Waals surface area contributed by atoms with Crippen LogP contribution in [0.4, 0.5) is 13.6 Å². The Kier molecular flexibility index (Phi) is 6.45. The van der Waals surface area contributed by atoms with E-state index in [-0.39, 0.29) is 18.7 Å². The number of nitrogens with one attached hydrogen (secondary N) is 1. The van der Waals surface area contributed by atoms with E-state index in [9.17, 15) is 13.6 Å². The molecule has 0 radical (unpaired) electrons. The Morgan fingerprint density at radius 1 is 1.17 bits per heavy atom. The largest absolute Gasteiger partial charge is 0.445 e. The van der Waals surface area contributed by atoms with Crippen molar-refractivity contribution in [2.24, 2.45) is 0 Å². The van der Waals surface area contributed by atoms with Crippen LogP contribution in [0.3, 0.4) is 0 Å². The molecule has 0 saturated heterocycles. The maximum Gasteiger partial charge on any atom is 0.407 e. The molecule has 4 nitrogen and oxygen atoms in total. The zero-order valence-corrected chi connectivity index (χ0v) is 12.8. The van der Waals surface area contributed by atoms with E-state index in [1.807, 2.05) is 30.3 Å². The van der Waals surface area contributed by atoms with Gasteiger partial charge in [0, 0.05) is 12.1 Å². The molecule has 0 bridgehead atoms. The molecular weight excluding hydrogens is 316 g/mol. The van der Waals surface area contributed by atoms with Crippen molar-refractivity contribution in [3.05, 3.63) is 76.9 Å². The van der Waals surface area contributed by atoms with Crippen LogP contribution in [0.2, 0.25) is 0 Å². The topological polar surface area (TPSA) is 58.6 Å². The summed E-state index contributed by atoms with van der Waals surface area (Å²) in [6, 6.07) is 11.5. The molecule has 0 aliphatic heterocycles. The van der Waals surface area contributed by atoms with Crippen molar-refractivity contribution in [3.63, 3.8) is 0 Å². The van der Waals surface area contributed by atoms with Crippen molar-refractivity contribution in [3.8, 4) is 0 Å². The molecule has 0 aromatic heterocycles. The first-order valence-corrected chi connectivity index (χ1v) is 7.30. The second-order valence-electron chi connectivity index (χ2n) is 4.97. The van der Waals surface area contributed by atoms with Gasteiger partial charge in [-0.05, 0) is 23.3 Å². The molecule has 126 valence electrons. The van der Waals surface area contributed by atoms with E-state index in [1.165, 1.54) is 12.2 Å². The first-order chi connectivity index (χ1) is 11.6. The summed E-state index contributed by atoms with van der Waals surface area (Å²) in [5, 5.41) is 11.3. The maximum atomic E-state index is 13.5. The van der Waals surface area contributed by atoms with Crippen LogP contribution in [-0.4, -0.2) is 17.7 Å². The molecule has 2 N–H and O–H groups in total. The fourth-order valence-electron chi connectivity index (χ4n) is 1.98. The Labute approximate surface area is 138 Å². The third-order valence-corrected chi connectivity index (χ3v) is 3.21. The quantitative estimate of drug-likeness (QED) is 0.852. The van der Waals surface area contributed by atoms with E-state index in [0.717, 1.165) is 17.7 Å². The van der Waals surface area contributed by atoms with Crippen LogP contribution < -0.4 is 5.32 Å². The summed E-state index contributed by atoms with van der Waals surface area (Å²) in [5.74, 6) is -1.63. The van der Waals surface area contributed by atoms with Crippen LogP contribution in [0, 0.1) is 11.6 Å². The summed E-state index contributed by atoms with van der Waals surface area (Å²) >= 11 is 0. The van der Waals surface area contributed by atoms with Gasteiger partial charge in [-0.15, -0.1) is 0 Å². The lowest BCUT2D eigenvalue weighted by atomic mass is 10.1. The Morgan fingerprint density at radius 3 is 2.46 bits per heavy atom. The Morgan fingerprint density at radius 2 is 1.83 bits per heavy atom. The van der Waals surface area contributed by atoms with E-state index in [2.05, 4.69) is 5.32 Å². The van der Waals surface area contributed by atoms with Gasteiger partial charge in [0.05, 0.1) is 6.61 Å².